The van der Waals surface area contributed by atoms with E-state index in [1.165, 1.54) is 0 Å². The van der Waals surface area contributed by atoms with Gasteiger partial charge < -0.3 is 10.6 Å². The highest BCUT2D eigenvalue weighted by molar-refractivity contribution is 9.10. The zero-order valence-corrected chi connectivity index (χ0v) is 21.8. The second kappa shape index (κ2) is 11.3. The predicted molar refractivity (Wildman–Crippen MR) is 145 cm³/mol. The molecule has 2 aromatic carbocycles. The number of aromatic nitrogens is 3. The molecule has 0 aliphatic heterocycles. The first-order valence-corrected chi connectivity index (χ1v) is 12.3. The summed E-state index contributed by atoms with van der Waals surface area (Å²) in [5.74, 6) is 0.727. The van der Waals surface area contributed by atoms with Gasteiger partial charge in [-0.3, -0.25) is 4.79 Å². The molecule has 8 heteroatoms. The van der Waals surface area contributed by atoms with E-state index >= 15 is 0 Å². The maximum absolute atomic E-state index is 12.2. The molecular weight excluding hydrogens is 526 g/mol. The Hall–Kier alpha value is -3.42. The lowest BCUT2D eigenvalue weighted by Gasteiger charge is -2.12. The van der Waals surface area contributed by atoms with Gasteiger partial charge in [-0.15, -0.1) is 0 Å². The van der Waals surface area contributed by atoms with Gasteiger partial charge in [0.25, 0.3) is 0 Å². The fourth-order valence-corrected chi connectivity index (χ4v) is 4.06. The van der Waals surface area contributed by atoms with Crippen molar-refractivity contribution in [2.45, 2.75) is 26.9 Å². The van der Waals surface area contributed by atoms with Gasteiger partial charge in [-0.05, 0) is 47.0 Å². The van der Waals surface area contributed by atoms with Crippen LogP contribution in [0.15, 0.2) is 89.1 Å². The number of carbonyl (C=O) groups excluding carboxylic acids is 1. The van der Waals surface area contributed by atoms with Gasteiger partial charge in [0, 0.05) is 35.3 Å². The van der Waals surface area contributed by atoms with Gasteiger partial charge in [0.15, 0.2) is 5.65 Å². The van der Waals surface area contributed by atoms with Crippen molar-refractivity contribution in [3.05, 3.63) is 105 Å². The number of benzene rings is 2. The number of hydrogen-bond donors (Lipinski definition) is 2. The van der Waals surface area contributed by atoms with Crippen molar-refractivity contribution in [3.8, 4) is 11.3 Å². The van der Waals surface area contributed by atoms with Crippen molar-refractivity contribution >= 4 is 44.9 Å². The van der Waals surface area contributed by atoms with Crippen molar-refractivity contribution in [3.63, 3.8) is 0 Å². The minimum atomic E-state index is -0.0738. The SMILES string of the molecule is C/C=C\C=C(/C)C(=O)NCc1ccc(CNc2cc(-c3ccccc3Cl)nc3c(Br)cnn23)cc1. The van der Waals surface area contributed by atoms with Crippen LogP contribution < -0.4 is 10.6 Å². The molecule has 0 aliphatic carbocycles. The van der Waals surface area contributed by atoms with Crippen LogP contribution in [-0.2, 0) is 17.9 Å². The summed E-state index contributed by atoms with van der Waals surface area (Å²) < 4.78 is 2.56. The fraction of sp³-hybridized carbons (Fsp3) is 0.148. The quantitative estimate of drug-likeness (QED) is 0.192. The van der Waals surface area contributed by atoms with E-state index in [9.17, 15) is 4.79 Å². The minimum absolute atomic E-state index is 0.0738. The smallest absolute Gasteiger partial charge is 0.247 e. The summed E-state index contributed by atoms with van der Waals surface area (Å²) in [7, 11) is 0. The summed E-state index contributed by atoms with van der Waals surface area (Å²) in [6, 6.07) is 17.7. The summed E-state index contributed by atoms with van der Waals surface area (Å²) in [4.78, 5) is 16.9. The molecule has 0 saturated carbocycles. The molecule has 178 valence electrons. The van der Waals surface area contributed by atoms with Gasteiger partial charge in [0.05, 0.1) is 16.4 Å². The second-order valence-corrected chi connectivity index (χ2v) is 9.22. The number of rotatable bonds is 8. The average Bonchev–Trinajstić information content (AvgIpc) is 3.25. The van der Waals surface area contributed by atoms with Crippen molar-refractivity contribution < 1.29 is 4.79 Å². The van der Waals surface area contributed by atoms with Crippen LogP contribution in [0.4, 0.5) is 5.82 Å². The van der Waals surface area contributed by atoms with Crippen LogP contribution in [0.1, 0.15) is 25.0 Å². The van der Waals surface area contributed by atoms with Crippen molar-refractivity contribution in [2.75, 3.05) is 5.32 Å². The molecule has 2 N–H and O–H groups in total. The van der Waals surface area contributed by atoms with Crippen LogP contribution in [0.3, 0.4) is 0 Å². The van der Waals surface area contributed by atoms with E-state index in [4.69, 9.17) is 16.6 Å². The molecule has 0 saturated heterocycles. The largest absolute Gasteiger partial charge is 0.366 e. The van der Waals surface area contributed by atoms with E-state index in [0.29, 0.717) is 29.3 Å². The molecule has 0 aliphatic rings. The number of anilines is 1. The Labute approximate surface area is 217 Å². The Balaban J connectivity index is 1.47. The first-order valence-electron chi connectivity index (χ1n) is 11.1. The number of amides is 1. The molecule has 0 atom stereocenters. The lowest BCUT2D eigenvalue weighted by molar-refractivity contribution is -0.117. The summed E-state index contributed by atoms with van der Waals surface area (Å²) in [5, 5.41) is 11.5. The molecule has 0 bridgehead atoms. The van der Waals surface area contributed by atoms with Crippen LogP contribution in [0.2, 0.25) is 5.02 Å². The number of hydrogen-bond acceptors (Lipinski definition) is 4. The lowest BCUT2D eigenvalue weighted by Crippen LogP contribution is -2.23. The number of allylic oxidation sites excluding steroid dienone is 3. The molecule has 35 heavy (non-hydrogen) atoms. The Morgan fingerprint density at radius 1 is 1.11 bits per heavy atom. The van der Waals surface area contributed by atoms with E-state index in [2.05, 4.69) is 31.7 Å². The molecule has 4 aromatic rings. The molecule has 4 rings (SSSR count). The van der Waals surface area contributed by atoms with Gasteiger partial charge in [0.1, 0.15) is 5.82 Å². The molecule has 0 fully saturated rings. The van der Waals surface area contributed by atoms with Gasteiger partial charge in [-0.1, -0.05) is 72.3 Å². The number of nitrogens with one attached hydrogen (secondary N) is 2. The highest BCUT2D eigenvalue weighted by Crippen LogP contribution is 2.30. The van der Waals surface area contributed by atoms with Crippen LogP contribution in [0.5, 0.6) is 0 Å². The summed E-state index contributed by atoms with van der Waals surface area (Å²) in [6.07, 6.45) is 7.27. The Kier molecular flexibility index (Phi) is 8.00. The topological polar surface area (TPSA) is 71.3 Å². The highest BCUT2D eigenvalue weighted by atomic mass is 79.9. The van der Waals surface area contributed by atoms with E-state index in [1.807, 2.05) is 73.7 Å². The summed E-state index contributed by atoms with van der Waals surface area (Å²) in [6.45, 7) is 4.79. The molecule has 1 amide bonds. The monoisotopic (exact) mass is 549 g/mol. The van der Waals surface area contributed by atoms with Gasteiger partial charge >= 0.3 is 0 Å². The van der Waals surface area contributed by atoms with Crippen LogP contribution in [0.25, 0.3) is 16.9 Å². The predicted octanol–water partition coefficient (Wildman–Crippen LogP) is 6.56. The zero-order valence-electron chi connectivity index (χ0n) is 19.4. The fourth-order valence-electron chi connectivity index (χ4n) is 3.47. The normalized spacial score (nSPS) is 11.8. The second-order valence-electron chi connectivity index (χ2n) is 7.96. The van der Waals surface area contributed by atoms with Crippen molar-refractivity contribution in [1.82, 2.24) is 19.9 Å². The number of carbonyl (C=O) groups is 1. The number of nitrogens with zero attached hydrogens (tertiary/aromatic N) is 3. The minimum Gasteiger partial charge on any atom is -0.366 e. The van der Waals surface area contributed by atoms with Crippen molar-refractivity contribution in [1.29, 1.82) is 0 Å². The number of fused-ring (bicyclic) bond motifs is 1. The van der Waals surface area contributed by atoms with Gasteiger partial charge in [-0.25, -0.2) is 4.98 Å². The summed E-state index contributed by atoms with van der Waals surface area (Å²) in [5.41, 5.74) is 5.12. The Morgan fingerprint density at radius 3 is 2.54 bits per heavy atom. The third-order valence-electron chi connectivity index (χ3n) is 5.43. The Bertz CT molecular complexity index is 1410. The molecule has 6 nitrogen and oxygen atoms in total. The first kappa shape index (κ1) is 24.7. The van der Waals surface area contributed by atoms with E-state index in [1.54, 1.807) is 23.7 Å². The molecule has 0 radical (unpaired) electrons. The highest BCUT2D eigenvalue weighted by Gasteiger charge is 2.13. The van der Waals surface area contributed by atoms with E-state index in [0.717, 1.165) is 32.7 Å². The van der Waals surface area contributed by atoms with E-state index in [-0.39, 0.29) is 5.91 Å². The Morgan fingerprint density at radius 2 is 1.83 bits per heavy atom. The van der Waals surface area contributed by atoms with Gasteiger partial charge in [0.2, 0.25) is 5.91 Å². The van der Waals surface area contributed by atoms with Gasteiger partial charge in [-0.2, -0.15) is 9.61 Å². The molecule has 0 spiro atoms. The van der Waals surface area contributed by atoms with Crippen LogP contribution >= 0.6 is 27.5 Å². The standard InChI is InChI=1S/C27H25BrClN5O/c1-3-4-7-18(2)27(35)31-16-20-12-10-19(11-13-20)15-30-25-14-24(21-8-5-6-9-23(21)29)33-26-22(28)17-32-34(25)26/h3-14,17,30H,15-16H2,1-2H3,(H,31,35)/b4-3-,18-7+. The summed E-state index contributed by atoms with van der Waals surface area (Å²) >= 11 is 9.95. The lowest BCUT2D eigenvalue weighted by atomic mass is 10.1. The maximum atomic E-state index is 12.2. The third kappa shape index (κ3) is 5.99. The molecule has 2 heterocycles. The van der Waals surface area contributed by atoms with Crippen LogP contribution in [0, 0.1) is 0 Å². The number of halogens is 2. The molecule has 2 aromatic heterocycles. The third-order valence-corrected chi connectivity index (χ3v) is 6.31. The molecule has 0 unspecified atom stereocenters. The van der Waals surface area contributed by atoms with Crippen LogP contribution in [-0.4, -0.2) is 20.5 Å². The van der Waals surface area contributed by atoms with Crippen molar-refractivity contribution in [2.24, 2.45) is 0 Å². The van der Waals surface area contributed by atoms with E-state index < -0.39 is 0 Å². The molecular formula is C27H25BrClN5O. The average molecular weight is 551 g/mol. The zero-order chi connectivity index (χ0) is 24.8. The maximum Gasteiger partial charge on any atom is 0.247 e. The first-order chi connectivity index (χ1) is 17.0.